The minimum absolute atomic E-state index is 0.123. The number of aliphatic carboxylic acids is 2. The van der Waals surface area contributed by atoms with E-state index in [0.717, 1.165) is 45.7 Å². The van der Waals surface area contributed by atoms with Gasteiger partial charge in [-0.2, -0.15) is 0 Å². The summed E-state index contributed by atoms with van der Waals surface area (Å²) in [5.74, 6) is -2.64. The summed E-state index contributed by atoms with van der Waals surface area (Å²) >= 11 is 0. The zero-order chi connectivity index (χ0) is 24.8. The topological polar surface area (TPSA) is 107 Å². The molecule has 2 N–H and O–H groups in total. The number of esters is 1. The number of piperazine rings is 1. The summed E-state index contributed by atoms with van der Waals surface area (Å²) in [6.07, 6.45) is 2.58. The number of benzene rings is 2. The second-order valence-corrected chi connectivity index (χ2v) is 7.88. The lowest BCUT2D eigenvalue weighted by Crippen LogP contribution is -2.46. The Bertz CT molecular complexity index is 937. The smallest absolute Gasteiger partial charge is 0.328 e. The Morgan fingerprint density at radius 2 is 1.35 bits per heavy atom. The molecule has 8 heteroatoms. The molecule has 1 saturated heterocycles. The van der Waals surface area contributed by atoms with Crippen molar-refractivity contribution in [1.82, 2.24) is 9.80 Å². The van der Waals surface area contributed by atoms with Gasteiger partial charge in [0.15, 0.2) is 0 Å². The molecule has 1 fully saturated rings. The van der Waals surface area contributed by atoms with Crippen LogP contribution in [0.15, 0.2) is 66.7 Å². The maximum atomic E-state index is 11.3. The summed E-state index contributed by atoms with van der Waals surface area (Å²) in [7, 11) is 1.45. The first-order chi connectivity index (χ1) is 16.4. The van der Waals surface area contributed by atoms with Crippen LogP contribution in [0.5, 0.6) is 0 Å². The molecule has 0 spiro atoms. The highest BCUT2D eigenvalue weighted by molar-refractivity contribution is 5.89. The van der Waals surface area contributed by atoms with Gasteiger partial charge in [-0.15, -0.1) is 0 Å². The van der Waals surface area contributed by atoms with E-state index >= 15 is 0 Å². The number of methoxy groups -OCH3 is 1. The van der Waals surface area contributed by atoms with Crippen LogP contribution in [0.25, 0.3) is 0 Å². The van der Waals surface area contributed by atoms with E-state index in [2.05, 4.69) is 64.4 Å². The van der Waals surface area contributed by atoms with Gasteiger partial charge in [0.2, 0.25) is 0 Å². The van der Waals surface area contributed by atoms with Crippen LogP contribution in [0.1, 0.15) is 23.1 Å². The number of ether oxygens (including phenoxy) is 1. The number of carboxylic acids is 2. The molecular weight excluding hydrogens is 436 g/mol. The van der Waals surface area contributed by atoms with Crippen LogP contribution >= 0.6 is 0 Å². The van der Waals surface area contributed by atoms with Crippen molar-refractivity contribution in [1.29, 1.82) is 0 Å². The van der Waals surface area contributed by atoms with E-state index in [9.17, 15) is 14.4 Å². The first-order valence-electron chi connectivity index (χ1n) is 11.1. The third-order valence-electron chi connectivity index (χ3n) is 5.44. The van der Waals surface area contributed by atoms with Gasteiger partial charge >= 0.3 is 17.9 Å². The van der Waals surface area contributed by atoms with Crippen molar-refractivity contribution < 1.29 is 29.3 Å². The second kappa shape index (κ2) is 14.6. The molecule has 1 aliphatic heterocycles. The zero-order valence-electron chi connectivity index (χ0n) is 19.4. The van der Waals surface area contributed by atoms with E-state index in [1.165, 1.54) is 23.8 Å². The van der Waals surface area contributed by atoms with Crippen molar-refractivity contribution in [3.63, 3.8) is 0 Å². The van der Waals surface area contributed by atoms with Crippen LogP contribution in [0.2, 0.25) is 0 Å². The number of hydrogen-bond acceptors (Lipinski definition) is 6. The van der Waals surface area contributed by atoms with E-state index in [1.54, 1.807) is 0 Å². The standard InChI is InChI=1S/C22H28N2O2.C4H4O4/c1-26-22(25)11-12-23-13-15-24(16-14-23)18-21-10-6-5-9-20(21)17-19-7-3-2-4-8-19;5-3(6)1-2-4(7)8/h2-10H,11-18H2,1H3;1-2H,(H,5,6)(H,7,8)/b;2-1-. The normalized spacial score (nSPS) is 14.3. The minimum Gasteiger partial charge on any atom is -0.478 e. The summed E-state index contributed by atoms with van der Waals surface area (Å²) in [5, 5.41) is 15.6. The minimum atomic E-state index is -1.26. The lowest BCUT2D eigenvalue weighted by molar-refractivity contribution is -0.141. The molecule has 182 valence electrons. The summed E-state index contributed by atoms with van der Waals surface area (Å²) in [4.78, 5) is 35.3. The lowest BCUT2D eigenvalue weighted by atomic mass is 9.99. The fourth-order valence-electron chi connectivity index (χ4n) is 3.61. The van der Waals surface area contributed by atoms with Crippen LogP contribution in [0.4, 0.5) is 0 Å². The Morgan fingerprint density at radius 1 is 0.824 bits per heavy atom. The van der Waals surface area contributed by atoms with Crippen LogP contribution in [0, 0.1) is 0 Å². The zero-order valence-corrected chi connectivity index (χ0v) is 19.4. The SMILES string of the molecule is COC(=O)CCN1CCN(Cc2ccccc2Cc2ccccc2)CC1.O=C(O)/C=C\C(=O)O. The van der Waals surface area contributed by atoms with Crippen molar-refractivity contribution in [2.24, 2.45) is 0 Å². The van der Waals surface area contributed by atoms with Crippen molar-refractivity contribution in [3.8, 4) is 0 Å². The van der Waals surface area contributed by atoms with Crippen molar-refractivity contribution in [2.45, 2.75) is 19.4 Å². The fourth-order valence-corrected chi connectivity index (χ4v) is 3.61. The number of carbonyl (C=O) groups excluding carboxylic acids is 1. The Hall–Kier alpha value is -3.49. The molecule has 2 aromatic carbocycles. The van der Waals surface area contributed by atoms with Crippen molar-refractivity contribution in [3.05, 3.63) is 83.4 Å². The molecule has 0 amide bonds. The Kier molecular flexibility index (Phi) is 11.5. The molecule has 1 aliphatic rings. The van der Waals surface area contributed by atoms with Gasteiger partial charge in [-0.1, -0.05) is 54.6 Å². The maximum absolute atomic E-state index is 11.3. The van der Waals surface area contributed by atoms with Crippen molar-refractivity contribution >= 4 is 17.9 Å². The predicted molar refractivity (Wildman–Crippen MR) is 128 cm³/mol. The Morgan fingerprint density at radius 3 is 1.91 bits per heavy atom. The molecule has 0 saturated carbocycles. The lowest BCUT2D eigenvalue weighted by Gasteiger charge is -2.34. The molecule has 2 aromatic rings. The Labute approximate surface area is 200 Å². The van der Waals surface area contributed by atoms with E-state index in [1.807, 2.05) is 0 Å². The van der Waals surface area contributed by atoms with Crippen LogP contribution in [0.3, 0.4) is 0 Å². The molecule has 3 rings (SSSR count). The largest absolute Gasteiger partial charge is 0.478 e. The molecule has 0 unspecified atom stereocenters. The summed E-state index contributed by atoms with van der Waals surface area (Å²) in [5.41, 5.74) is 4.18. The first-order valence-corrected chi connectivity index (χ1v) is 11.1. The quantitative estimate of drug-likeness (QED) is 0.427. The van der Waals surface area contributed by atoms with Gasteiger partial charge in [-0.05, 0) is 23.1 Å². The molecule has 0 aliphatic carbocycles. The van der Waals surface area contributed by atoms with Gasteiger partial charge in [0, 0.05) is 51.4 Å². The third-order valence-corrected chi connectivity index (χ3v) is 5.44. The third kappa shape index (κ3) is 10.4. The number of hydrogen-bond donors (Lipinski definition) is 2. The van der Waals surface area contributed by atoms with Gasteiger partial charge in [-0.25, -0.2) is 9.59 Å². The molecule has 0 aromatic heterocycles. The van der Waals surface area contributed by atoms with Gasteiger partial charge in [0.1, 0.15) is 0 Å². The van der Waals surface area contributed by atoms with Gasteiger partial charge < -0.3 is 19.8 Å². The van der Waals surface area contributed by atoms with Gasteiger partial charge in [0.25, 0.3) is 0 Å². The van der Waals surface area contributed by atoms with E-state index < -0.39 is 11.9 Å². The van der Waals surface area contributed by atoms with Gasteiger partial charge in [0.05, 0.1) is 13.5 Å². The van der Waals surface area contributed by atoms with Crippen LogP contribution < -0.4 is 0 Å². The second-order valence-electron chi connectivity index (χ2n) is 7.88. The number of carbonyl (C=O) groups is 3. The van der Waals surface area contributed by atoms with E-state index in [0.29, 0.717) is 18.6 Å². The maximum Gasteiger partial charge on any atom is 0.328 e. The average molecular weight is 469 g/mol. The molecule has 1 heterocycles. The number of rotatable bonds is 9. The molecule has 0 bridgehead atoms. The molecule has 0 atom stereocenters. The van der Waals surface area contributed by atoms with Crippen LogP contribution in [-0.2, 0) is 32.1 Å². The number of nitrogens with zero attached hydrogens (tertiary/aromatic N) is 2. The molecule has 8 nitrogen and oxygen atoms in total. The van der Waals surface area contributed by atoms with Gasteiger partial charge in [-0.3, -0.25) is 9.69 Å². The fraction of sp³-hybridized carbons (Fsp3) is 0.346. The molecule has 34 heavy (non-hydrogen) atoms. The Balaban J connectivity index is 0.000000440. The van der Waals surface area contributed by atoms with E-state index in [-0.39, 0.29) is 5.97 Å². The summed E-state index contributed by atoms with van der Waals surface area (Å²) in [6.45, 7) is 5.90. The highest BCUT2D eigenvalue weighted by Crippen LogP contribution is 2.17. The predicted octanol–water partition coefficient (Wildman–Crippen LogP) is 2.67. The van der Waals surface area contributed by atoms with Crippen LogP contribution in [-0.4, -0.2) is 77.8 Å². The highest BCUT2D eigenvalue weighted by atomic mass is 16.5. The highest BCUT2D eigenvalue weighted by Gasteiger charge is 2.18. The average Bonchev–Trinajstić information content (AvgIpc) is 2.84. The van der Waals surface area contributed by atoms with E-state index in [4.69, 9.17) is 14.9 Å². The monoisotopic (exact) mass is 468 g/mol. The molecular formula is C26H32N2O6. The number of carboxylic acid groups (broad SMARTS) is 2. The van der Waals surface area contributed by atoms with Crippen molar-refractivity contribution in [2.75, 3.05) is 39.8 Å². The first kappa shape index (κ1) is 26.8. The molecule has 0 radical (unpaired) electrons. The summed E-state index contributed by atoms with van der Waals surface area (Å²) < 4.78 is 4.73. The summed E-state index contributed by atoms with van der Waals surface area (Å²) in [6, 6.07) is 19.4.